The van der Waals surface area contributed by atoms with E-state index >= 15 is 0 Å². The zero-order chi connectivity index (χ0) is 32.8. The molecule has 4 aromatic carbocycles. The summed E-state index contributed by atoms with van der Waals surface area (Å²) in [5, 5.41) is 20.9. The number of carbonyl (C=O) groups is 2. The second-order valence-corrected chi connectivity index (χ2v) is 12.8. The monoisotopic (exact) mass is 670 g/mol. The fourth-order valence-corrected chi connectivity index (χ4v) is 6.76. The van der Waals surface area contributed by atoms with E-state index in [1.165, 1.54) is 23.9 Å². The summed E-state index contributed by atoms with van der Waals surface area (Å²) in [7, 11) is 0. The molecule has 0 radical (unpaired) electrons. The van der Waals surface area contributed by atoms with E-state index in [4.69, 9.17) is 31.5 Å². The van der Waals surface area contributed by atoms with Crippen molar-refractivity contribution >= 4 is 57.0 Å². The molecular formula is C36H34N2O7S2. The van der Waals surface area contributed by atoms with Crippen molar-refractivity contribution in [3.05, 3.63) is 94.9 Å². The number of carboxylic acid groups (broad SMARTS) is 1. The number of rotatable bonds is 12. The molecule has 4 aromatic rings. The molecule has 47 heavy (non-hydrogen) atoms. The van der Waals surface area contributed by atoms with Crippen molar-refractivity contribution in [3.63, 3.8) is 0 Å². The van der Waals surface area contributed by atoms with Gasteiger partial charge in [0, 0.05) is 31.7 Å². The van der Waals surface area contributed by atoms with Crippen molar-refractivity contribution in [1.29, 1.82) is 0 Å². The Labute approximate surface area is 282 Å². The van der Waals surface area contributed by atoms with Gasteiger partial charge in [0.15, 0.2) is 0 Å². The van der Waals surface area contributed by atoms with Gasteiger partial charge in [-0.05, 0) is 89.0 Å². The molecule has 0 unspecified atom stereocenters. The van der Waals surface area contributed by atoms with Crippen molar-refractivity contribution in [1.82, 2.24) is 9.80 Å². The summed E-state index contributed by atoms with van der Waals surface area (Å²) < 4.78 is 18.0. The molecule has 6 rings (SSSR count). The Bertz CT molecular complexity index is 1820. The van der Waals surface area contributed by atoms with E-state index in [1.54, 1.807) is 29.2 Å². The van der Waals surface area contributed by atoms with Gasteiger partial charge in [-0.1, -0.05) is 48.2 Å². The number of fused-ring (bicyclic) bond motifs is 1. The minimum atomic E-state index is -0.991. The van der Waals surface area contributed by atoms with Crippen molar-refractivity contribution in [2.75, 3.05) is 52.6 Å². The molecule has 0 aromatic heterocycles. The molecule has 9 nitrogen and oxygen atoms in total. The van der Waals surface area contributed by atoms with Crippen LogP contribution in [0.5, 0.6) is 17.2 Å². The van der Waals surface area contributed by atoms with Gasteiger partial charge in [0.05, 0.1) is 30.3 Å². The molecule has 1 amide bonds. The number of thiocarbonyl (C=S) groups is 1. The van der Waals surface area contributed by atoms with Crippen LogP contribution >= 0.6 is 24.0 Å². The highest BCUT2D eigenvalue weighted by Crippen LogP contribution is 2.37. The summed E-state index contributed by atoms with van der Waals surface area (Å²) in [5.41, 5.74) is 2.91. The predicted octanol–water partition coefficient (Wildman–Crippen LogP) is 6.29. The normalized spacial score (nSPS) is 16.3. The number of hydrogen-bond donors (Lipinski definition) is 2. The quantitative estimate of drug-likeness (QED) is 0.101. The molecule has 0 aliphatic carbocycles. The Kier molecular flexibility index (Phi) is 10.4. The highest BCUT2D eigenvalue weighted by atomic mass is 32.2. The first-order chi connectivity index (χ1) is 22.8. The van der Waals surface area contributed by atoms with E-state index in [9.17, 15) is 14.7 Å². The molecule has 2 aliphatic rings. The second kappa shape index (κ2) is 15.0. The number of aromatic carboxylic acids is 1. The van der Waals surface area contributed by atoms with Gasteiger partial charge in [-0.15, -0.1) is 0 Å². The summed E-state index contributed by atoms with van der Waals surface area (Å²) in [6.45, 7) is 5.33. The Hall–Kier alpha value is -4.42. The number of carbonyl (C=O) groups excluding carboxylic acids is 1. The number of nitrogens with zero attached hydrogens (tertiary/aromatic N) is 2. The Balaban J connectivity index is 1.16. The molecule has 0 spiro atoms. The molecule has 11 heteroatoms. The van der Waals surface area contributed by atoms with E-state index < -0.39 is 5.97 Å². The van der Waals surface area contributed by atoms with Crippen molar-refractivity contribution < 1.29 is 34.0 Å². The maximum absolute atomic E-state index is 13.4. The fraction of sp³-hybridized carbons (Fsp3) is 0.250. The average molecular weight is 671 g/mol. The average Bonchev–Trinajstić information content (AvgIpc) is 3.34. The van der Waals surface area contributed by atoms with Gasteiger partial charge < -0.3 is 24.4 Å². The number of benzene rings is 4. The maximum Gasteiger partial charge on any atom is 0.335 e. The minimum absolute atomic E-state index is 0.149. The number of phenolic OH excluding ortho intramolecular Hbond substituents is 1. The second-order valence-electron chi connectivity index (χ2n) is 11.2. The van der Waals surface area contributed by atoms with Crippen LogP contribution in [-0.2, 0) is 9.53 Å². The van der Waals surface area contributed by atoms with Crippen LogP contribution in [0.1, 0.15) is 22.3 Å². The standard InChI is InChI=1S/C36H34N2O7S2/c39-29-8-5-26-22-28(4-3-27(26)23-29)31-20-24(2-11-32(31)45-19-15-37-13-17-43-18-14-37)21-33-34(40)38(36(46)47-33)12-1-16-44-30-9-6-25(7-10-30)35(41)42/h2-11,20-23,39H,1,12-19H2,(H,41,42). The van der Waals surface area contributed by atoms with Crippen LogP contribution in [-0.4, -0.2) is 88.8 Å². The first-order valence-corrected chi connectivity index (χ1v) is 16.6. The molecule has 2 aliphatic heterocycles. The molecular weight excluding hydrogens is 637 g/mol. The van der Waals surface area contributed by atoms with E-state index in [0.717, 1.165) is 66.1 Å². The van der Waals surface area contributed by atoms with Crippen LogP contribution in [0.4, 0.5) is 0 Å². The maximum atomic E-state index is 13.4. The number of carboxylic acids is 1. The van der Waals surface area contributed by atoms with E-state index in [2.05, 4.69) is 11.0 Å². The largest absolute Gasteiger partial charge is 0.508 e. The summed E-state index contributed by atoms with van der Waals surface area (Å²) in [6, 6.07) is 23.5. The summed E-state index contributed by atoms with van der Waals surface area (Å²) in [6.07, 6.45) is 2.42. The van der Waals surface area contributed by atoms with Gasteiger partial charge in [0.1, 0.15) is 28.2 Å². The first kappa shape index (κ1) is 32.5. The van der Waals surface area contributed by atoms with Crippen LogP contribution in [0.3, 0.4) is 0 Å². The summed E-state index contributed by atoms with van der Waals surface area (Å²) >= 11 is 6.83. The van der Waals surface area contributed by atoms with Crippen molar-refractivity contribution in [2.45, 2.75) is 6.42 Å². The molecule has 2 heterocycles. The van der Waals surface area contributed by atoms with Gasteiger partial charge in [-0.2, -0.15) is 0 Å². The Morgan fingerprint density at radius 3 is 2.47 bits per heavy atom. The van der Waals surface area contributed by atoms with Gasteiger partial charge >= 0.3 is 5.97 Å². The lowest BCUT2D eigenvalue weighted by Gasteiger charge is -2.26. The first-order valence-electron chi connectivity index (χ1n) is 15.4. The Morgan fingerprint density at radius 2 is 1.68 bits per heavy atom. The number of thioether (sulfide) groups is 1. The summed E-state index contributed by atoms with van der Waals surface area (Å²) in [5.74, 6) is 0.391. The van der Waals surface area contributed by atoms with Crippen LogP contribution in [0.2, 0.25) is 0 Å². The van der Waals surface area contributed by atoms with Crippen LogP contribution in [0.25, 0.3) is 28.0 Å². The molecule has 2 saturated heterocycles. The van der Waals surface area contributed by atoms with Crippen molar-refractivity contribution in [3.8, 4) is 28.4 Å². The number of morpholine rings is 1. The van der Waals surface area contributed by atoms with Gasteiger partial charge in [-0.25, -0.2) is 4.79 Å². The fourth-order valence-electron chi connectivity index (χ4n) is 5.45. The molecule has 242 valence electrons. The number of amides is 1. The lowest BCUT2D eigenvalue weighted by Crippen LogP contribution is -2.38. The van der Waals surface area contributed by atoms with Gasteiger partial charge in [0.2, 0.25) is 0 Å². The van der Waals surface area contributed by atoms with E-state index in [0.29, 0.717) is 41.2 Å². The lowest BCUT2D eigenvalue weighted by atomic mass is 9.98. The molecule has 0 bridgehead atoms. The topological polar surface area (TPSA) is 109 Å². The highest BCUT2D eigenvalue weighted by molar-refractivity contribution is 8.26. The third-order valence-electron chi connectivity index (χ3n) is 7.97. The molecule has 2 fully saturated rings. The Morgan fingerprint density at radius 1 is 0.915 bits per heavy atom. The number of ether oxygens (including phenoxy) is 3. The van der Waals surface area contributed by atoms with Crippen LogP contribution in [0.15, 0.2) is 83.8 Å². The van der Waals surface area contributed by atoms with Gasteiger partial charge in [-0.3, -0.25) is 14.6 Å². The smallest absolute Gasteiger partial charge is 0.335 e. The third-order valence-corrected chi connectivity index (χ3v) is 9.35. The SMILES string of the molecule is O=C(O)c1ccc(OCCCN2C(=O)C(=Cc3ccc(OCCN4CCOCC4)c(-c4ccc5cc(O)ccc5c4)c3)SC2=S)cc1. The number of aromatic hydroxyl groups is 1. The van der Waals surface area contributed by atoms with E-state index in [-0.39, 0.29) is 17.2 Å². The lowest BCUT2D eigenvalue weighted by molar-refractivity contribution is -0.122. The molecule has 0 saturated carbocycles. The third kappa shape index (κ3) is 8.12. The van der Waals surface area contributed by atoms with Crippen LogP contribution < -0.4 is 9.47 Å². The molecule has 0 atom stereocenters. The van der Waals surface area contributed by atoms with E-state index in [1.807, 2.05) is 42.5 Å². The zero-order valence-electron chi connectivity index (χ0n) is 25.6. The zero-order valence-corrected chi connectivity index (χ0v) is 27.2. The number of hydrogen-bond acceptors (Lipinski definition) is 9. The molecule has 2 N–H and O–H groups in total. The summed E-state index contributed by atoms with van der Waals surface area (Å²) in [4.78, 5) is 28.9. The minimum Gasteiger partial charge on any atom is -0.508 e. The predicted molar refractivity (Wildman–Crippen MR) is 187 cm³/mol. The van der Waals surface area contributed by atoms with Crippen molar-refractivity contribution in [2.24, 2.45) is 0 Å². The van der Waals surface area contributed by atoms with Gasteiger partial charge in [0.25, 0.3) is 5.91 Å². The van der Waals surface area contributed by atoms with Crippen LogP contribution in [0, 0.1) is 0 Å². The highest BCUT2D eigenvalue weighted by Gasteiger charge is 2.31. The number of phenols is 1.